The number of hydrogen-bond donors (Lipinski definition) is 1. The van der Waals surface area contributed by atoms with Crippen LogP contribution in [0.1, 0.15) is 22.3 Å². The van der Waals surface area contributed by atoms with Gasteiger partial charge in [0.05, 0.1) is 0 Å². The summed E-state index contributed by atoms with van der Waals surface area (Å²) in [5.41, 5.74) is 0. The van der Waals surface area contributed by atoms with Crippen LogP contribution in [0.4, 0.5) is 0 Å². The Morgan fingerprint density at radius 3 is 3.00 bits per heavy atom. The first kappa shape index (κ1) is 9.31. The molecule has 0 aliphatic carbocycles. The van der Waals surface area contributed by atoms with E-state index in [9.17, 15) is 4.79 Å². The number of carbonyl (C=O) groups is 1. The molecule has 8 heteroatoms. The maximum Gasteiger partial charge on any atom is 0.375 e. The highest BCUT2D eigenvalue weighted by atomic mass is 16.5. The Hall–Kier alpha value is -2.25. The van der Waals surface area contributed by atoms with Gasteiger partial charge in [-0.25, -0.2) is 14.5 Å². The van der Waals surface area contributed by atoms with Crippen molar-refractivity contribution in [3.63, 3.8) is 0 Å². The molecule has 0 atom stereocenters. The van der Waals surface area contributed by atoms with Gasteiger partial charge in [-0.05, 0) is 0 Å². The molecule has 0 aromatic carbocycles. The fourth-order valence-corrected chi connectivity index (χ4v) is 1.02. The molecule has 0 fully saturated rings. The normalized spacial score (nSPS) is 10.5. The van der Waals surface area contributed by atoms with Crippen LogP contribution in [0.15, 0.2) is 10.9 Å². The van der Waals surface area contributed by atoms with Crippen molar-refractivity contribution < 1.29 is 14.4 Å². The van der Waals surface area contributed by atoms with Gasteiger partial charge in [-0.1, -0.05) is 5.16 Å². The first-order valence-electron chi connectivity index (χ1n) is 4.07. The summed E-state index contributed by atoms with van der Waals surface area (Å²) in [6.45, 7) is 1.90. The Balaban J connectivity index is 2.14. The van der Waals surface area contributed by atoms with Crippen molar-refractivity contribution in [2.75, 3.05) is 0 Å². The minimum atomic E-state index is -1.17. The summed E-state index contributed by atoms with van der Waals surface area (Å²) in [4.78, 5) is 18.0. The third kappa shape index (κ3) is 1.98. The van der Waals surface area contributed by atoms with Crippen molar-refractivity contribution in [3.05, 3.63) is 23.9 Å². The van der Waals surface area contributed by atoms with Gasteiger partial charge in [0.25, 0.3) is 5.82 Å². The Morgan fingerprint density at radius 2 is 2.47 bits per heavy atom. The van der Waals surface area contributed by atoms with Crippen LogP contribution in [0.25, 0.3) is 0 Å². The number of hydrogen-bond acceptors (Lipinski definition) is 6. The second-order valence-electron chi connectivity index (χ2n) is 2.80. The molecule has 2 aromatic heterocycles. The van der Waals surface area contributed by atoms with Crippen molar-refractivity contribution in [2.24, 2.45) is 0 Å². The van der Waals surface area contributed by atoms with E-state index < -0.39 is 5.97 Å². The second-order valence-corrected chi connectivity index (χ2v) is 2.80. The molecular formula is C7H7N5O3. The number of aryl methyl sites for hydroxylation is 1. The summed E-state index contributed by atoms with van der Waals surface area (Å²) in [5.74, 6) is -0.550. The van der Waals surface area contributed by atoms with Gasteiger partial charge in [-0.2, -0.15) is 4.98 Å². The summed E-state index contributed by atoms with van der Waals surface area (Å²) in [6, 6.07) is 0. The average molecular weight is 209 g/mol. The molecule has 2 heterocycles. The molecule has 0 aliphatic heterocycles. The lowest BCUT2D eigenvalue weighted by atomic mass is 10.6. The minimum Gasteiger partial charge on any atom is -0.475 e. The third-order valence-electron chi connectivity index (χ3n) is 1.60. The molecule has 0 saturated heterocycles. The largest absolute Gasteiger partial charge is 0.475 e. The van der Waals surface area contributed by atoms with Crippen LogP contribution < -0.4 is 0 Å². The van der Waals surface area contributed by atoms with E-state index in [0.717, 1.165) is 0 Å². The van der Waals surface area contributed by atoms with E-state index >= 15 is 0 Å². The molecule has 0 spiro atoms. The maximum absolute atomic E-state index is 10.5. The predicted molar refractivity (Wildman–Crippen MR) is 45.1 cm³/mol. The molecule has 2 rings (SSSR count). The zero-order valence-corrected chi connectivity index (χ0v) is 7.78. The van der Waals surface area contributed by atoms with Crippen molar-refractivity contribution in [1.82, 2.24) is 24.9 Å². The minimum absolute atomic E-state index is 0.234. The number of rotatable bonds is 3. The monoisotopic (exact) mass is 209 g/mol. The summed E-state index contributed by atoms with van der Waals surface area (Å²) < 4.78 is 6.08. The summed E-state index contributed by atoms with van der Waals surface area (Å²) >= 11 is 0. The molecule has 1 N–H and O–H groups in total. The summed E-state index contributed by atoms with van der Waals surface area (Å²) in [7, 11) is 0. The molecule has 0 saturated carbocycles. The van der Waals surface area contributed by atoms with Gasteiger partial charge in [-0.15, -0.1) is 5.10 Å². The van der Waals surface area contributed by atoms with Crippen LogP contribution in [-0.2, 0) is 6.54 Å². The smallest absolute Gasteiger partial charge is 0.375 e. The SMILES string of the molecule is Cc1nc(Cn2cnc(C(=O)O)n2)no1. The Bertz CT molecular complexity index is 488. The van der Waals surface area contributed by atoms with Crippen LogP contribution in [-0.4, -0.2) is 36.0 Å². The zero-order chi connectivity index (χ0) is 10.8. The lowest BCUT2D eigenvalue weighted by Gasteiger charge is -1.92. The topological polar surface area (TPSA) is 107 Å². The van der Waals surface area contributed by atoms with Gasteiger partial charge < -0.3 is 9.63 Å². The van der Waals surface area contributed by atoms with Crippen LogP contribution in [0.3, 0.4) is 0 Å². The van der Waals surface area contributed by atoms with Gasteiger partial charge in [-0.3, -0.25) is 0 Å². The molecular weight excluding hydrogens is 202 g/mol. The van der Waals surface area contributed by atoms with Crippen LogP contribution in [0.5, 0.6) is 0 Å². The number of aromatic carboxylic acids is 1. The predicted octanol–water partition coefficient (Wildman–Crippen LogP) is -0.284. The van der Waals surface area contributed by atoms with E-state index in [2.05, 4.69) is 20.2 Å². The molecule has 0 amide bonds. The molecule has 0 unspecified atom stereocenters. The van der Waals surface area contributed by atoms with E-state index in [-0.39, 0.29) is 12.4 Å². The third-order valence-corrected chi connectivity index (χ3v) is 1.60. The van der Waals surface area contributed by atoms with E-state index in [1.54, 1.807) is 6.92 Å². The number of carboxylic acid groups (broad SMARTS) is 1. The maximum atomic E-state index is 10.5. The fraction of sp³-hybridized carbons (Fsp3) is 0.286. The van der Waals surface area contributed by atoms with Gasteiger partial charge in [0.1, 0.15) is 12.9 Å². The van der Waals surface area contributed by atoms with E-state index in [0.29, 0.717) is 11.7 Å². The number of nitrogens with zero attached hydrogens (tertiary/aromatic N) is 5. The molecule has 0 radical (unpaired) electrons. The Kier molecular flexibility index (Phi) is 2.16. The molecule has 78 valence electrons. The van der Waals surface area contributed by atoms with Crippen molar-refractivity contribution in [2.45, 2.75) is 13.5 Å². The van der Waals surface area contributed by atoms with Crippen LogP contribution >= 0.6 is 0 Å². The van der Waals surface area contributed by atoms with E-state index in [1.165, 1.54) is 11.0 Å². The fourth-order valence-electron chi connectivity index (χ4n) is 1.02. The van der Waals surface area contributed by atoms with E-state index in [4.69, 9.17) is 9.63 Å². The first-order valence-corrected chi connectivity index (χ1v) is 4.07. The molecule has 2 aromatic rings. The van der Waals surface area contributed by atoms with Crippen LogP contribution in [0, 0.1) is 6.92 Å². The Morgan fingerprint density at radius 1 is 1.67 bits per heavy atom. The van der Waals surface area contributed by atoms with Crippen LogP contribution in [0.2, 0.25) is 0 Å². The van der Waals surface area contributed by atoms with Crippen molar-refractivity contribution in [1.29, 1.82) is 0 Å². The van der Waals surface area contributed by atoms with Gasteiger partial charge in [0, 0.05) is 6.92 Å². The highest BCUT2D eigenvalue weighted by Gasteiger charge is 2.10. The van der Waals surface area contributed by atoms with Gasteiger partial charge in [0.15, 0.2) is 5.82 Å². The van der Waals surface area contributed by atoms with Gasteiger partial charge >= 0.3 is 5.97 Å². The first-order chi connectivity index (χ1) is 7.15. The molecule has 0 bridgehead atoms. The van der Waals surface area contributed by atoms with Crippen molar-refractivity contribution >= 4 is 5.97 Å². The highest BCUT2D eigenvalue weighted by Crippen LogP contribution is 1.98. The van der Waals surface area contributed by atoms with Crippen molar-refractivity contribution in [3.8, 4) is 0 Å². The molecule has 0 aliphatic rings. The molecule has 8 nitrogen and oxygen atoms in total. The summed E-state index contributed by atoms with van der Waals surface area (Å²) in [6.07, 6.45) is 1.30. The highest BCUT2D eigenvalue weighted by molar-refractivity contribution is 5.82. The number of aromatic nitrogens is 5. The summed E-state index contributed by atoms with van der Waals surface area (Å²) in [5, 5.41) is 15.9. The van der Waals surface area contributed by atoms with Gasteiger partial charge in [0.2, 0.25) is 5.89 Å². The average Bonchev–Trinajstić information content (AvgIpc) is 2.76. The zero-order valence-electron chi connectivity index (χ0n) is 7.78. The molecule has 15 heavy (non-hydrogen) atoms. The quantitative estimate of drug-likeness (QED) is 0.740. The Labute approximate surface area is 83.6 Å². The lowest BCUT2D eigenvalue weighted by molar-refractivity contribution is 0.0683. The lowest BCUT2D eigenvalue weighted by Crippen LogP contribution is -2.05. The second kappa shape index (κ2) is 3.48. The standard InChI is InChI=1S/C7H7N5O3/c1-4-9-5(11-15-4)2-12-3-8-6(10-12)7(13)14/h3H,2H2,1H3,(H,13,14). The van der Waals surface area contributed by atoms with E-state index in [1.807, 2.05) is 0 Å². The number of carboxylic acids is 1.